The minimum Gasteiger partial charge on any atom is -0.382 e. The van der Waals surface area contributed by atoms with Crippen molar-refractivity contribution in [3.05, 3.63) is 100 Å². The number of rotatable bonds is 10. The Bertz CT molecular complexity index is 1320. The van der Waals surface area contributed by atoms with Crippen molar-refractivity contribution in [3.8, 4) is 11.3 Å². The van der Waals surface area contributed by atoms with E-state index in [9.17, 15) is 4.39 Å². The molecule has 0 amide bonds. The van der Waals surface area contributed by atoms with Crippen molar-refractivity contribution in [2.75, 3.05) is 5.73 Å². The SMILES string of the molecule is CCCC(Cc1ncnc(C)c1Cc1ccc(F)cc1)C(C)Cc1cc(-c2ccc(N)nn2)ccc1C. The number of halogens is 1. The van der Waals surface area contributed by atoms with Crippen LogP contribution in [-0.4, -0.2) is 20.2 Å². The van der Waals surface area contributed by atoms with Crippen molar-refractivity contribution in [2.45, 2.75) is 59.8 Å². The maximum atomic E-state index is 13.4. The lowest BCUT2D eigenvalue weighted by atomic mass is 9.80. The maximum absolute atomic E-state index is 13.4. The van der Waals surface area contributed by atoms with Gasteiger partial charge in [-0.1, -0.05) is 51.0 Å². The Morgan fingerprint density at radius 1 is 0.919 bits per heavy atom. The van der Waals surface area contributed by atoms with E-state index in [0.717, 1.165) is 59.5 Å². The highest BCUT2D eigenvalue weighted by Crippen LogP contribution is 2.30. The van der Waals surface area contributed by atoms with Crippen LogP contribution in [0.15, 0.2) is 60.9 Å². The molecule has 0 bridgehead atoms. The summed E-state index contributed by atoms with van der Waals surface area (Å²) in [4.78, 5) is 9.20. The van der Waals surface area contributed by atoms with Crippen LogP contribution in [0.5, 0.6) is 0 Å². The van der Waals surface area contributed by atoms with Gasteiger partial charge in [-0.05, 0) is 91.1 Å². The Kier molecular flexibility index (Phi) is 8.59. The maximum Gasteiger partial charge on any atom is 0.146 e. The second-order valence-electron chi connectivity index (χ2n) is 10.1. The van der Waals surface area contributed by atoms with Crippen molar-refractivity contribution < 1.29 is 4.39 Å². The van der Waals surface area contributed by atoms with Gasteiger partial charge in [0.1, 0.15) is 18.0 Å². The highest BCUT2D eigenvalue weighted by Gasteiger charge is 2.22. The van der Waals surface area contributed by atoms with Gasteiger partial charge in [-0.15, -0.1) is 10.2 Å². The van der Waals surface area contributed by atoms with E-state index in [1.807, 2.05) is 25.1 Å². The summed E-state index contributed by atoms with van der Waals surface area (Å²) in [6.45, 7) is 8.81. The van der Waals surface area contributed by atoms with E-state index in [4.69, 9.17) is 10.7 Å². The fourth-order valence-corrected chi connectivity index (χ4v) is 5.03. The lowest BCUT2D eigenvalue weighted by molar-refractivity contribution is 0.325. The summed E-state index contributed by atoms with van der Waals surface area (Å²) in [6, 6.07) is 16.9. The number of anilines is 1. The Labute approximate surface area is 219 Å². The highest BCUT2D eigenvalue weighted by atomic mass is 19.1. The fraction of sp³-hybridized carbons (Fsp3) is 0.355. The molecular formula is C31H36FN5. The summed E-state index contributed by atoms with van der Waals surface area (Å²) < 4.78 is 13.4. The summed E-state index contributed by atoms with van der Waals surface area (Å²) in [5.74, 6) is 1.14. The predicted octanol–water partition coefficient (Wildman–Crippen LogP) is 6.70. The number of hydrogen-bond donors (Lipinski definition) is 1. The molecule has 6 heteroatoms. The molecule has 192 valence electrons. The summed E-state index contributed by atoms with van der Waals surface area (Å²) in [6.07, 6.45) is 6.50. The van der Waals surface area contributed by atoms with Crippen molar-refractivity contribution in [1.82, 2.24) is 20.2 Å². The average molecular weight is 498 g/mol. The van der Waals surface area contributed by atoms with Gasteiger partial charge in [0.25, 0.3) is 0 Å². The molecule has 0 radical (unpaired) electrons. The Morgan fingerprint density at radius 2 is 1.70 bits per heavy atom. The first-order valence-corrected chi connectivity index (χ1v) is 13.1. The molecule has 37 heavy (non-hydrogen) atoms. The number of nitrogens with zero attached hydrogens (tertiary/aromatic N) is 4. The van der Waals surface area contributed by atoms with Crippen LogP contribution in [0.1, 0.15) is 60.3 Å². The Hall–Kier alpha value is -3.67. The van der Waals surface area contributed by atoms with E-state index in [2.05, 4.69) is 54.2 Å². The summed E-state index contributed by atoms with van der Waals surface area (Å²) in [5.41, 5.74) is 14.5. The van der Waals surface area contributed by atoms with Crippen LogP contribution >= 0.6 is 0 Å². The number of aryl methyl sites for hydroxylation is 2. The fourth-order valence-electron chi connectivity index (χ4n) is 5.03. The van der Waals surface area contributed by atoms with Crippen LogP contribution in [0.25, 0.3) is 11.3 Å². The van der Waals surface area contributed by atoms with Crippen LogP contribution in [0.4, 0.5) is 10.2 Å². The summed E-state index contributed by atoms with van der Waals surface area (Å²) >= 11 is 0. The van der Waals surface area contributed by atoms with E-state index < -0.39 is 0 Å². The second-order valence-corrected chi connectivity index (χ2v) is 10.1. The van der Waals surface area contributed by atoms with Crippen molar-refractivity contribution in [3.63, 3.8) is 0 Å². The molecule has 0 fully saturated rings. The molecule has 4 aromatic rings. The Morgan fingerprint density at radius 3 is 2.41 bits per heavy atom. The lowest BCUT2D eigenvalue weighted by Gasteiger charge is -2.25. The third-order valence-electron chi connectivity index (χ3n) is 7.34. The lowest BCUT2D eigenvalue weighted by Crippen LogP contribution is -2.19. The van der Waals surface area contributed by atoms with E-state index in [-0.39, 0.29) is 5.82 Å². The molecule has 0 saturated heterocycles. The van der Waals surface area contributed by atoms with Crippen molar-refractivity contribution >= 4 is 5.82 Å². The molecule has 4 rings (SSSR count). The molecule has 5 nitrogen and oxygen atoms in total. The van der Waals surface area contributed by atoms with Gasteiger partial charge < -0.3 is 5.73 Å². The molecule has 2 atom stereocenters. The minimum absolute atomic E-state index is 0.218. The zero-order valence-corrected chi connectivity index (χ0v) is 22.2. The van der Waals surface area contributed by atoms with Gasteiger partial charge in [0.15, 0.2) is 0 Å². The summed E-state index contributed by atoms with van der Waals surface area (Å²) in [5, 5.41) is 8.28. The van der Waals surface area contributed by atoms with Gasteiger partial charge in [0.05, 0.1) is 5.69 Å². The van der Waals surface area contributed by atoms with Gasteiger partial charge in [-0.2, -0.15) is 0 Å². The third kappa shape index (κ3) is 6.76. The number of nitrogens with two attached hydrogens (primary N) is 1. The molecule has 0 saturated carbocycles. The zero-order chi connectivity index (χ0) is 26.4. The molecule has 2 N–H and O–H groups in total. The van der Waals surface area contributed by atoms with Crippen LogP contribution in [0.3, 0.4) is 0 Å². The number of benzene rings is 2. The topological polar surface area (TPSA) is 77.6 Å². The van der Waals surface area contributed by atoms with E-state index in [0.29, 0.717) is 24.1 Å². The largest absolute Gasteiger partial charge is 0.382 e. The number of aromatic nitrogens is 4. The molecular weight excluding hydrogens is 461 g/mol. The third-order valence-corrected chi connectivity index (χ3v) is 7.34. The molecule has 0 spiro atoms. The van der Waals surface area contributed by atoms with Gasteiger partial charge in [-0.3, -0.25) is 0 Å². The monoisotopic (exact) mass is 497 g/mol. The van der Waals surface area contributed by atoms with Crippen LogP contribution in [-0.2, 0) is 19.3 Å². The molecule has 2 aromatic heterocycles. The average Bonchev–Trinajstić information content (AvgIpc) is 2.88. The first kappa shape index (κ1) is 26.4. The van der Waals surface area contributed by atoms with Crippen LogP contribution in [0.2, 0.25) is 0 Å². The second kappa shape index (κ2) is 12.0. The van der Waals surface area contributed by atoms with E-state index >= 15 is 0 Å². The smallest absolute Gasteiger partial charge is 0.146 e. The van der Waals surface area contributed by atoms with E-state index in [1.165, 1.54) is 23.3 Å². The molecule has 0 aliphatic heterocycles. The number of hydrogen-bond acceptors (Lipinski definition) is 5. The molecule has 2 unspecified atom stereocenters. The minimum atomic E-state index is -0.218. The standard InChI is InChI=1S/C31H36FN5/c1-5-6-24(18-30-28(22(4)34-19-35-30)16-23-8-11-27(32)12-9-23)21(3)15-26-17-25(10-7-20(26)2)29-13-14-31(33)37-36-29/h7-14,17,19,21,24H,5-6,15-16,18H2,1-4H3,(H2,33,37). The first-order chi connectivity index (χ1) is 17.8. The van der Waals surface area contributed by atoms with Gasteiger partial charge >= 0.3 is 0 Å². The number of nitrogen functional groups attached to an aromatic ring is 1. The van der Waals surface area contributed by atoms with Gasteiger partial charge in [0.2, 0.25) is 0 Å². The molecule has 2 aromatic carbocycles. The molecule has 0 aliphatic carbocycles. The molecule has 0 aliphatic rings. The van der Waals surface area contributed by atoms with Crippen LogP contribution in [0, 0.1) is 31.5 Å². The van der Waals surface area contributed by atoms with Crippen LogP contribution < -0.4 is 5.73 Å². The molecule has 2 heterocycles. The van der Waals surface area contributed by atoms with Crippen molar-refractivity contribution in [1.29, 1.82) is 0 Å². The van der Waals surface area contributed by atoms with Crippen molar-refractivity contribution in [2.24, 2.45) is 11.8 Å². The predicted molar refractivity (Wildman–Crippen MR) is 148 cm³/mol. The highest BCUT2D eigenvalue weighted by molar-refractivity contribution is 5.61. The zero-order valence-electron chi connectivity index (χ0n) is 22.2. The quantitative estimate of drug-likeness (QED) is 0.264. The van der Waals surface area contributed by atoms with Gasteiger partial charge in [-0.25, -0.2) is 14.4 Å². The summed E-state index contributed by atoms with van der Waals surface area (Å²) in [7, 11) is 0. The normalized spacial score (nSPS) is 12.9. The first-order valence-electron chi connectivity index (χ1n) is 13.1. The Balaban J connectivity index is 1.55. The van der Waals surface area contributed by atoms with Gasteiger partial charge in [0, 0.05) is 23.4 Å². The van der Waals surface area contributed by atoms with E-state index in [1.54, 1.807) is 12.4 Å².